The minimum absolute atomic E-state index is 0.0956. The van der Waals surface area contributed by atoms with Gasteiger partial charge in [-0.05, 0) is 57.1 Å². The molecule has 8 heteroatoms. The Kier molecular flexibility index (Phi) is 7.18. The molecule has 8 nitrogen and oxygen atoms in total. The number of carbonyl (C=O) groups excluding carboxylic acids is 2. The van der Waals surface area contributed by atoms with E-state index in [1.165, 1.54) is 0 Å². The molecule has 1 saturated carbocycles. The molecule has 2 heterocycles. The van der Waals surface area contributed by atoms with Gasteiger partial charge in [0, 0.05) is 25.2 Å². The first-order chi connectivity index (χ1) is 14.7. The summed E-state index contributed by atoms with van der Waals surface area (Å²) in [6.45, 7) is 13.5. The molecule has 0 spiro atoms. The second kappa shape index (κ2) is 9.66. The highest BCUT2D eigenvalue weighted by Crippen LogP contribution is 2.22. The molecule has 31 heavy (non-hydrogen) atoms. The summed E-state index contributed by atoms with van der Waals surface area (Å²) in [4.78, 5) is 26.0. The fourth-order valence-electron chi connectivity index (χ4n) is 4.08. The summed E-state index contributed by atoms with van der Waals surface area (Å²) < 4.78 is 3.50. The zero-order chi connectivity index (χ0) is 22.7. The van der Waals surface area contributed by atoms with Gasteiger partial charge in [-0.3, -0.25) is 19.0 Å². The lowest BCUT2D eigenvalue weighted by atomic mass is 10.1. The van der Waals surface area contributed by atoms with E-state index in [-0.39, 0.29) is 35.7 Å². The van der Waals surface area contributed by atoms with Gasteiger partial charge in [0.25, 0.3) is 11.8 Å². The Balaban J connectivity index is 1.71. The largest absolute Gasteiger partial charge is 0.346 e. The van der Waals surface area contributed by atoms with Crippen molar-refractivity contribution in [3.05, 3.63) is 34.9 Å². The van der Waals surface area contributed by atoms with Crippen molar-refractivity contribution in [1.82, 2.24) is 30.2 Å². The number of aryl methyl sites for hydroxylation is 2. The van der Waals surface area contributed by atoms with Crippen LogP contribution in [0.3, 0.4) is 0 Å². The lowest BCUT2D eigenvalue weighted by Gasteiger charge is -2.22. The number of hydrogen-bond donors (Lipinski definition) is 2. The van der Waals surface area contributed by atoms with Crippen LogP contribution in [0.15, 0.2) is 12.1 Å². The number of aromatic nitrogens is 4. The number of nitrogens with zero attached hydrogens (tertiary/aromatic N) is 4. The van der Waals surface area contributed by atoms with E-state index in [4.69, 9.17) is 0 Å². The van der Waals surface area contributed by atoms with E-state index in [1.807, 2.05) is 26.0 Å². The summed E-state index contributed by atoms with van der Waals surface area (Å²) in [6.07, 6.45) is 2.65. The first-order valence-corrected chi connectivity index (χ1v) is 11.5. The van der Waals surface area contributed by atoms with E-state index < -0.39 is 0 Å². The zero-order valence-corrected chi connectivity index (χ0v) is 19.6. The summed E-state index contributed by atoms with van der Waals surface area (Å²) in [6, 6.07) is 3.56. The van der Waals surface area contributed by atoms with E-state index in [0.29, 0.717) is 24.5 Å². The second-order valence-electron chi connectivity index (χ2n) is 8.94. The summed E-state index contributed by atoms with van der Waals surface area (Å²) in [7, 11) is 0. The maximum absolute atomic E-state index is 13.0. The Morgan fingerprint density at radius 1 is 0.871 bits per heavy atom. The fraction of sp³-hybridized carbons (Fsp3) is 0.652. The molecule has 2 unspecified atom stereocenters. The van der Waals surface area contributed by atoms with Crippen LogP contribution in [0.5, 0.6) is 0 Å². The first kappa shape index (κ1) is 23.0. The van der Waals surface area contributed by atoms with E-state index in [0.717, 1.165) is 30.7 Å². The molecule has 2 N–H and O–H groups in total. The van der Waals surface area contributed by atoms with Crippen molar-refractivity contribution in [3.8, 4) is 0 Å². The van der Waals surface area contributed by atoms with Crippen LogP contribution in [0.2, 0.25) is 0 Å². The van der Waals surface area contributed by atoms with Crippen LogP contribution in [0.4, 0.5) is 0 Å². The first-order valence-electron chi connectivity index (χ1n) is 11.5. The standard InChI is InChI=1S/C23H36N6O2/c1-7-28-20(12-18(26-28)14(3)4)22(30)24-16-10-9-11-17(16)25-23(31)21-13-19(15(5)6)27-29(21)8-2/h12-17H,7-11H2,1-6H3,(H,24,30)(H,25,31). The molecule has 0 radical (unpaired) electrons. The minimum Gasteiger partial charge on any atom is -0.346 e. The molecule has 3 rings (SSSR count). The number of rotatable bonds is 8. The van der Waals surface area contributed by atoms with Gasteiger partial charge in [-0.25, -0.2) is 0 Å². The molecule has 0 bridgehead atoms. The summed E-state index contributed by atoms with van der Waals surface area (Å²) in [5.74, 6) is 0.259. The Hall–Kier alpha value is -2.64. The average Bonchev–Trinajstić information content (AvgIpc) is 3.45. The van der Waals surface area contributed by atoms with Gasteiger partial charge in [0.05, 0.1) is 11.4 Å². The predicted octanol–water partition coefficient (Wildman–Crippen LogP) is 3.45. The van der Waals surface area contributed by atoms with Crippen molar-refractivity contribution in [2.24, 2.45) is 0 Å². The average molecular weight is 429 g/mol. The second-order valence-corrected chi connectivity index (χ2v) is 8.94. The Labute approximate surface area is 184 Å². The molecule has 0 aromatic carbocycles. The highest BCUT2D eigenvalue weighted by Gasteiger charge is 2.32. The number of carbonyl (C=O) groups is 2. The van der Waals surface area contributed by atoms with Crippen LogP contribution >= 0.6 is 0 Å². The molecule has 0 aliphatic heterocycles. The van der Waals surface area contributed by atoms with Crippen molar-refractivity contribution in [2.45, 2.75) is 97.8 Å². The van der Waals surface area contributed by atoms with Crippen molar-refractivity contribution in [1.29, 1.82) is 0 Å². The normalized spacial score (nSPS) is 18.7. The SMILES string of the molecule is CCn1nc(C(C)C)cc1C(=O)NC1CCCC1NC(=O)c1cc(C(C)C)nn1CC. The molecular weight excluding hydrogens is 392 g/mol. The van der Waals surface area contributed by atoms with Crippen LogP contribution in [0.1, 0.15) is 105 Å². The number of hydrogen-bond acceptors (Lipinski definition) is 4. The third-order valence-corrected chi connectivity index (χ3v) is 5.99. The topological polar surface area (TPSA) is 93.8 Å². The number of amides is 2. The Bertz CT molecular complexity index is 852. The van der Waals surface area contributed by atoms with Gasteiger partial charge in [0.1, 0.15) is 11.4 Å². The van der Waals surface area contributed by atoms with Gasteiger partial charge in [0.15, 0.2) is 0 Å². The maximum Gasteiger partial charge on any atom is 0.269 e. The molecule has 1 aliphatic rings. The van der Waals surface area contributed by atoms with Crippen LogP contribution in [-0.2, 0) is 13.1 Å². The number of nitrogens with one attached hydrogen (secondary N) is 2. The van der Waals surface area contributed by atoms with Gasteiger partial charge in [-0.2, -0.15) is 10.2 Å². The van der Waals surface area contributed by atoms with Crippen molar-refractivity contribution >= 4 is 11.8 Å². The third kappa shape index (κ3) is 4.99. The van der Waals surface area contributed by atoms with Crippen LogP contribution in [0.25, 0.3) is 0 Å². The van der Waals surface area contributed by atoms with E-state index in [9.17, 15) is 9.59 Å². The van der Waals surface area contributed by atoms with Crippen LogP contribution in [0, 0.1) is 0 Å². The van der Waals surface area contributed by atoms with Gasteiger partial charge < -0.3 is 10.6 Å². The summed E-state index contributed by atoms with van der Waals surface area (Å²) in [5, 5.41) is 15.4. The summed E-state index contributed by atoms with van der Waals surface area (Å²) >= 11 is 0. The Morgan fingerprint density at radius 2 is 1.26 bits per heavy atom. The lowest BCUT2D eigenvalue weighted by molar-refractivity contribution is 0.0880. The molecule has 1 aliphatic carbocycles. The minimum atomic E-state index is -0.131. The Morgan fingerprint density at radius 3 is 1.58 bits per heavy atom. The maximum atomic E-state index is 13.0. The van der Waals surface area contributed by atoms with Crippen molar-refractivity contribution < 1.29 is 9.59 Å². The van der Waals surface area contributed by atoms with Gasteiger partial charge >= 0.3 is 0 Å². The lowest BCUT2D eigenvalue weighted by Crippen LogP contribution is -2.49. The van der Waals surface area contributed by atoms with Crippen LogP contribution in [-0.4, -0.2) is 43.5 Å². The molecule has 2 amide bonds. The smallest absolute Gasteiger partial charge is 0.269 e. The van der Waals surface area contributed by atoms with Gasteiger partial charge in [-0.1, -0.05) is 27.7 Å². The highest BCUT2D eigenvalue weighted by molar-refractivity contribution is 5.94. The molecule has 2 aromatic rings. The predicted molar refractivity (Wildman–Crippen MR) is 120 cm³/mol. The van der Waals surface area contributed by atoms with Crippen molar-refractivity contribution in [3.63, 3.8) is 0 Å². The summed E-state index contributed by atoms with van der Waals surface area (Å²) in [5.41, 5.74) is 2.98. The quantitative estimate of drug-likeness (QED) is 0.673. The van der Waals surface area contributed by atoms with Crippen LogP contribution < -0.4 is 10.6 Å². The molecule has 170 valence electrons. The molecular formula is C23H36N6O2. The monoisotopic (exact) mass is 428 g/mol. The zero-order valence-electron chi connectivity index (χ0n) is 19.6. The fourth-order valence-corrected chi connectivity index (χ4v) is 4.08. The van der Waals surface area contributed by atoms with Gasteiger partial charge in [0.2, 0.25) is 0 Å². The van der Waals surface area contributed by atoms with Gasteiger partial charge in [-0.15, -0.1) is 0 Å². The van der Waals surface area contributed by atoms with E-state index in [2.05, 4.69) is 48.5 Å². The van der Waals surface area contributed by atoms with Crippen molar-refractivity contribution in [2.75, 3.05) is 0 Å². The highest BCUT2D eigenvalue weighted by atomic mass is 16.2. The molecule has 1 fully saturated rings. The molecule has 0 saturated heterocycles. The molecule has 2 aromatic heterocycles. The van der Waals surface area contributed by atoms with E-state index >= 15 is 0 Å². The van der Waals surface area contributed by atoms with E-state index in [1.54, 1.807) is 9.36 Å². The molecule has 2 atom stereocenters. The third-order valence-electron chi connectivity index (χ3n) is 5.99.